The van der Waals surface area contributed by atoms with Gasteiger partial charge in [-0.2, -0.15) is 0 Å². The molecule has 0 saturated carbocycles. The fraction of sp³-hybridized carbons (Fsp3) is 0. The Morgan fingerprint density at radius 2 is 0.944 bits per heavy atom. The van der Waals surface area contributed by atoms with E-state index in [1.807, 2.05) is 29.5 Å². The molecule has 0 amide bonds. The second-order valence-corrected chi connectivity index (χ2v) is 15.0. The number of hydrogen-bond acceptors (Lipinski definition) is 4. The molecular formula is C49H28N4S. The summed E-state index contributed by atoms with van der Waals surface area (Å²) in [6, 6.07) is 60.6. The Balaban J connectivity index is 1.12. The maximum absolute atomic E-state index is 5.37. The Bertz CT molecular complexity index is 3280. The van der Waals surface area contributed by atoms with E-state index in [9.17, 15) is 0 Å². The molecule has 0 saturated heterocycles. The topological polar surface area (TPSA) is 43.6 Å². The van der Waals surface area contributed by atoms with E-state index in [-0.39, 0.29) is 0 Å². The number of benzene rings is 8. The molecule has 0 bridgehead atoms. The summed E-state index contributed by atoms with van der Waals surface area (Å²) in [4.78, 5) is 15.8. The van der Waals surface area contributed by atoms with E-state index in [0.29, 0.717) is 17.5 Å². The number of thiophene rings is 1. The molecule has 3 heterocycles. The van der Waals surface area contributed by atoms with Crippen LogP contribution in [0.2, 0.25) is 0 Å². The zero-order chi connectivity index (χ0) is 35.3. The highest BCUT2D eigenvalue weighted by atomic mass is 32.1. The molecule has 0 N–H and O–H groups in total. The number of para-hydroxylation sites is 3. The molecule has 0 atom stereocenters. The molecule has 54 heavy (non-hydrogen) atoms. The highest BCUT2D eigenvalue weighted by molar-refractivity contribution is 7.26. The number of aromatic nitrogens is 4. The van der Waals surface area contributed by atoms with Crippen molar-refractivity contribution in [3.8, 4) is 62.1 Å². The molecular weight excluding hydrogens is 677 g/mol. The highest BCUT2D eigenvalue weighted by Gasteiger charge is 2.25. The fourth-order valence-electron chi connectivity index (χ4n) is 8.67. The van der Waals surface area contributed by atoms with Crippen molar-refractivity contribution < 1.29 is 0 Å². The van der Waals surface area contributed by atoms with Crippen LogP contribution in [0.4, 0.5) is 0 Å². The predicted octanol–water partition coefficient (Wildman–Crippen LogP) is 13.1. The smallest absolute Gasteiger partial charge is 0.166 e. The summed E-state index contributed by atoms with van der Waals surface area (Å²) in [7, 11) is 0. The molecule has 0 fully saturated rings. The second-order valence-electron chi connectivity index (χ2n) is 13.9. The molecule has 0 spiro atoms. The van der Waals surface area contributed by atoms with Gasteiger partial charge in [0.2, 0.25) is 0 Å². The van der Waals surface area contributed by atoms with Crippen molar-refractivity contribution in [1.29, 1.82) is 0 Å². The van der Waals surface area contributed by atoms with Crippen LogP contribution in [-0.2, 0) is 0 Å². The van der Waals surface area contributed by atoms with Crippen LogP contribution in [0.15, 0.2) is 170 Å². The van der Waals surface area contributed by atoms with E-state index in [4.69, 9.17) is 15.0 Å². The van der Waals surface area contributed by atoms with Crippen LogP contribution in [-0.4, -0.2) is 19.5 Å². The zero-order valence-electron chi connectivity index (χ0n) is 28.9. The van der Waals surface area contributed by atoms with Crippen LogP contribution in [0.25, 0.3) is 115 Å². The predicted molar refractivity (Wildman–Crippen MR) is 225 cm³/mol. The first-order valence-electron chi connectivity index (χ1n) is 18.2. The Morgan fingerprint density at radius 3 is 1.70 bits per heavy atom. The normalized spacial score (nSPS) is 12.1. The van der Waals surface area contributed by atoms with Crippen LogP contribution >= 0.6 is 11.3 Å². The van der Waals surface area contributed by atoms with E-state index in [0.717, 1.165) is 33.4 Å². The van der Waals surface area contributed by atoms with Crippen LogP contribution in [0.1, 0.15) is 0 Å². The summed E-state index contributed by atoms with van der Waals surface area (Å²) in [6.07, 6.45) is 0. The molecule has 1 aliphatic rings. The van der Waals surface area contributed by atoms with E-state index < -0.39 is 0 Å². The molecule has 8 aromatic carbocycles. The van der Waals surface area contributed by atoms with Gasteiger partial charge in [-0.15, -0.1) is 11.3 Å². The van der Waals surface area contributed by atoms with Crippen LogP contribution in [0.3, 0.4) is 0 Å². The third-order valence-corrected chi connectivity index (χ3v) is 12.1. The Morgan fingerprint density at radius 1 is 0.370 bits per heavy atom. The Hall–Kier alpha value is -6.95. The standard InChI is InChI=1S/C49H28N4S/c1-2-13-30(14-3-1)47-50-48(35-19-6-9-25-42(35)53-40-23-7-4-17-31(40)32-18-5-8-24-41(32)53)52-49(51-47)36-22-12-26-43-46(36)39-27-37-33-20-10-15-29-16-11-21-34(45(29)33)38(37)28-44(39)54-43/h1-28H. The molecule has 0 aliphatic heterocycles. The summed E-state index contributed by atoms with van der Waals surface area (Å²) >= 11 is 1.83. The summed E-state index contributed by atoms with van der Waals surface area (Å²) in [5.74, 6) is 1.94. The number of nitrogens with zero attached hydrogens (tertiary/aromatic N) is 4. The Kier molecular flexibility index (Phi) is 6.18. The summed E-state index contributed by atoms with van der Waals surface area (Å²) in [5.41, 5.74) is 11.4. The van der Waals surface area contributed by atoms with Crippen LogP contribution < -0.4 is 0 Å². The van der Waals surface area contributed by atoms with Crippen molar-refractivity contribution in [3.63, 3.8) is 0 Å². The third-order valence-electron chi connectivity index (χ3n) is 11.0. The van der Waals surface area contributed by atoms with E-state index >= 15 is 0 Å². The third kappa shape index (κ3) is 4.21. The van der Waals surface area contributed by atoms with Gasteiger partial charge in [-0.1, -0.05) is 127 Å². The minimum atomic E-state index is 0.635. The lowest BCUT2D eigenvalue weighted by molar-refractivity contribution is 1.07. The van der Waals surface area contributed by atoms with Gasteiger partial charge in [0.15, 0.2) is 17.5 Å². The average Bonchev–Trinajstić information content (AvgIpc) is 3.88. The van der Waals surface area contributed by atoms with Gasteiger partial charge in [-0.3, -0.25) is 0 Å². The lowest BCUT2D eigenvalue weighted by atomic mass is 9.99. The molecule has 0 unspecified atom stereocenters. The second kappa shape index (κ2) is 11.3. The molecule has 11 aromatic rings. The molecule has 250 valence electrons. The van der Waals surface area contributed by atoms with Crippen molar-refractivity contribution in [2.24, 2.45) is 0 Å². The lowest BCUT2D eigenvalue weighted by Crippen LogP contribution is -2.03. The summed E-state index contributed by atoms with van der Waals surface area (Å²) in [6.45, 7) is 0. The number of hydrogen-bond donors (Lipinski definition) is 0. The van der Waals surface area contributed by atoms with E-state index in [1.54, 1.807) is 0 Å². The summed E-state index contributed by atoms with van der Waals surface area (Å²) < 4.78 is 4.82. The maximum Gasteiger partial charge on any atom is 0.166 e. The quantitative estimate of drug-likeness (QED) is 0.183. The van der Waals surface area contributed by atoms with E-state index in [2.05, 4.69) is 156 Å². The minimum absolute atomic E-state index is 0.635. The molecule has 0 radical (unpaired) electrons. The first-order chi connectivity index (χ1) is 26.8. The van der Waals surface area contributed by atoms with Crippen molar-refractivity contribution in [1.82, 2.24) is 19.5 Å². The monoisotopic (exact) mass is 704 g/mol. The SMILES string of the molecule is c1ccc(-c2nc(-c3ccccc3-n3c4ccccc4c4ccccc43)nc(-c3cccc4sc5cc6c(cc5c34)-c3cccc4cccc-6c34)n2)cc1. The van der Waals surface area contributed by atoms with Crippen molar-refractivity contribution >= 4 is 64.1 Å². The first-order valence-corrected chi connectivity index (χ1v) is 19.0. The van der Waals surface area contributed by atoms with Gasteiger partial charge in [-0.25, -0.2) is 15.0 Å². The molecule has 1 aliphatic carbocycles. The van der Waals surface area contributed by atoms with Crippen molar-refractivity contribution in [2.45, 2.75) is 0 Å². The maximum atomic E-state index is 5.37. The van der Waals surface area contributed by atoms with Crippen molar-refractivity contribution in [2.75, 3.05) is 0 Å². The van der Waals surface area contributed by atoms with Crippen molar-refractivity contribution in [3.05, 3.63) is 170 Å². The minimum Gasteiger partial charge on any atom is -0.309 e. The highest BCUT2D eigenvalue weighted by Crippen LogP contribution is 2.51. The van der Waals surface area contributed by atoms with Gasteiger partial charge in [0.1, 0.15) is 0 Å². The zero-order valence-corrected chi connectivity index (χ0v) is 29.7. The largest absolute Gasteiger partial charge is 0.309 e. The van der Waals surface area contributed by atoms with Gasteiger partial charge >= 0.3 is 0 Å². The lowest BCUT2D eigenvalue weighted by Gasteiger charge is -2.15. The van der Waals surface area contributed by atoms with Crippen LogP contribution in [0, 0.1) is 0 Å². The van der Waals surface area contributed by atoms with Gasteiger partial charge in [-0.05, 0) is 75.5 Å². The summed E-state index contributed by atoms with van der Waals surface area (Å²) in [5, 5.41) is 7.45. The molecule has 12 rings (SSSR count). The van der Waals surface area contributed by atoms with Gasteiger partial charge in [0, 0.05) is 47.6 Å². The van der Waals surface area contributed by atoms with Gasteiger partial charge in [0.25, 0.3) is 0 Å². The number of rotatable bonds is 4. The first kappa shape index (κ1) is 29.6. The fourth-order valence-corrected chi connectivity index (χ4v) is 9.82. The molecule has 4 nitrogen and oxygen atoms in total. The van der Waals surface area contributed by atoms with E-state index in [1.165, 1.54) is 64.0 Å². The van der Waals surface area contributed by atoms with Gasteiger partial charge in [0.05, 0.1) is 16.7 Å². The average molecular weight is 705 g/mol. The van der Waals surface area contributed by atoms with Gasteiger partial charge < -0.3 is 4.57 Å². The Labute approximate surface area is 314 Å². The molecule has 3 aromatic heterocycles. The number of fused-ring (bicyclic) bond motifs is 9. The van der Waals surface area contributed by atoms with Crippen LogP contribution in [0.5, 0.6) is 0 Å². The molecule has 5 heteroatoms.